The number of aromatic nitrogens is 2. The summed E-state index contributed by atoms with van der Waals surface area (Å²) in [5, 5.41) is 3.30. The molecule has 1 amide bonds. The normalized spacial score (nSPS) is 14.4. The quantitative estimate of drug-likeness (QED) is 0.627. The van der Waals surface area contributed by atoms with Crippen molar-refractivity contribution in [1.82, 2.24) is 15.4 Å². The van der Waals surface area contributed by atoms with Gasteiger partial charge in [0, 0.05) is 11.6 Å². The Kier molecular flexibility index (Phi) is 4.74. The van der Waals surface area contributed by atoms with E-state index in [1.54, 1.807) is 0 Å². The zero-order chi connectivity index (χ0) is 16.9. The number of nitrogens with zero attached hydrogens (tertiary/aromatic N) is 2. The average Bonchev–Trinajstić information content (AvgIpc) is 3.09. The van der Waals surface area contributed by atoms with E-state index in [-0.39, 0.29) is 0 Å². The third-order valence-corrected chi connectivity index (χ3v) is 3.98. The number of benzene rings is 1. The van der Waals surface area contributed by atoms with Gasteiger partial charge in [0.25, 0.3) is 5.91 Å². The zero-order valence-corrected chi connectivity index (χ0v) is 13.1. The lowest BCUT2D eigenvalue weighted by Gasteiger charge is -2.16. The lowest BCUT2D eigenvalue weighted by Crippen LogP contribution is -2.30. The van der Waals surface area contributed by atoms with E-state index < -0.39 is 11.7 Å². The van der Waals surface area contributed by atoms with Crippen LogP contribution in [0.25, 0.3) is 0 Å². The van der Waals surface area contributed by atoms with Gasteiger partial charge >= 0.3 is 0 Å². The minimum Gasteiger partial charge on any atom is -0.393 e. The number of hydrogen-bond donors (Lipinski definition) is 4. The summed E-state index contributed by atoms with van der Waals surface area (Å²) in [7, 11) is 0. The van der Waals surface area contributed by atoms with Gasteiger partial charge in [0.2, 0.25) is 0 Å². The Bertz CT molecular complexity index is 715. The summed E-state index contributed by atoms with van der Waals surface area (Å²) >= 11 is 0. The van der Waals surface area contributed by atoms with Gasteiger partial charge in [0.05, 0.1) is 0 Å². The Balaban J connectivity index is 1.64. The molecule has 0 atom stereocenters. The van der Waals surface area contributed by atoms with Crippen molar-refractivity contribution in [3.63, 3.8) is 0 Å². The summed E-state index contributed by atoms with van der Waals surface area (Å²) in [6, 6.07) is 5.59. The number of halogens is 1. The highest BCUT2D eigenvalue weighted by molar-refractivity contribution is 5.95. The number of nitrogens with two attached hydrogens (primary N) is 1. The minimum absolute atomic E-state index is 0.306. The molecule has 24 heavy (non-hydrogen) atoms. The minimum atomic E-state index is -0.418. The maximum absolute atomic E-state index is 12.9. The molecule has 126 valence electrons. The van der Waals surface area contributed by atoms with E-state index in [0.717, 1.165) is 12.8 Å². The Morgan fingerprint density at radius 2 is 1.79 bits per heavy atom. The molecular weight excluding hydrogens is 311 g/mol. The van der Waals surface area contributed by atoms with Crippen molar-refractivity contribution in [1.29, 1.82) is 0 Å². The molecule has 0 bridgehead atoms. The van der Waals surface area contributed by atoms with Crippen molar-refractivity contribution < 1.29 is 9.18 Å². The third kappa shape index (κ3) is 3.70. The fourth-order valence-corrected chi connectivity index (χ4v) is 2.66. The molecule has 0 saturated heterocycles. The summed E-state index contributed by atoms with van der Waals surface area (Å²) in [6.45, 7) is 0. The molecule has 1 heterocycles. The fourth-order valence-electron chi connectivity index (χ4n) is 2.66. The van der Waals surface area contributed by atoms with Gasteiger partial charge in [-0.2, -0.15) is 0 Å². The average molecular weight is 330 g/mol. The number of nitrogens with one attached hydrogen (secondary N) is 3. The van der Waals surface area contributed by atoms with Crippen molar-refractivity contribution in [3.05, 3.63) is 42.0 Å². The molecule has 3 rings (SSSR count). The van der Waals surface area contributed by atoms with Gasteiger partial charge in [-0.1, -0.05) is 12.8 Å². The summed E-state index contributed by atoms with van der Waals surface area (Å²) in [6.07, 6.45) is 5.95. The third-order valence-electron chi connectivity index (χ3n) is 3.98. The van der Waals surface area contributed by atoms with Crippen LogP contribution in [0.15, 0.2) is 30.6 Å². The van der Waals surface area contributed by atoms with Crippen LogP contribution in [0.3, 0.4) is 0 Å². The van der Waals surface area contributed by atoms with Crippen molar-refractivity contribution in [2.45, 2.75) is 31.7 Å². The highest BCUT2D eigenvalue weighted by atomic mass is 19.1. The van der Waals surface area contributed by atoms with E-state index in [4.69, 9.17) is 5.73 Å². The van der Waals surface area contributed by atoms with Gasteiger partial charge in [0.1, 0.15) is 17.8 Å². The fraction of sp³-hybridized carbons (Fsp3) is 0.312. The first kappa shape index (κ1) is 16.0. The van der Waals surface area contributed by atoms with Crippen molar-refractivity contribution >= 4 is 23.2 Å². The first-order valence-corrected chi connectivity index (χ1v) is 7.82. The van der Waals surface area contributed by atoms with Crippen molar-refractivity contribution in [2.75, 3.05) is 16.5 Å². The smallest absolute Gasteiger partial charge is 0.269 e. The first-order chi connectivity index (χ1) is 11.6. The van der Waals surface area contributed by atoms with E-state index in [9.17, 15) is 9.18 Å². The maximum Gasteiger partial charge on any atom is 0.269 e. The molecule has 1 aromatic heterocycles. The summed E-state index contributed by atoms with van der Waals surface area (Å²) in [4.78, 5) is 20.2. The topological polar surface area (TPSA) is 105 Å². The Hall–Kier alpha value is -2.90. The van der Waals surface area contributed by atoms with Crippen LogP contribution in [0.5, 0.6) is 0 Å². The molecule has 5 N–H and O–H groups in total. The van der Waals surface area contributed by atoms with Gasteiger partial charge in [-0.3, -0.25) is 15.6 Å². The van der Waals surface area contributed by atoms with Gasteiger partial charge in [-0.15, -0.1) is 0 Å². The van der Waals surface area contributed by atoms with Gasteiger partial charge in [-0.25, -0.2) is 14.4 Å². The molecule has 1 saturated carbocycles. The second-order valence-electron chi connectivity index (χ2n) is 5.70. The zero-order valence-electron chi connectivity index (χ0n) is 13.1. The van der Waals surface area contributed by atoms with Crippen LogP contribution >= 0.6 is 0 Å². The lowest BCUT2D eigenvalue weighted by atomic mass is 10.2. The van der Waals surface area contributed by atoms with Crippen LogP contribution < -0.4 is 21.9 Å². The number of anilines is 3. The Labute approximate surface area is 138 Å². The van der Waals surface area contributed by atoms with Crippen LogP contribution in [0.2, 0.25) is 0 Å². The first-order valence-electron chi connectivity index (χ1n) is 7.82. The molecule has 1 aliphatic carbocycles. The summed E-state index contributed by atoms with van der Waals surface area (Å²) in [5.74, 6) is 0.0388. The van der Waals surface area contributed by atoms with Crippen LogP contribution in [-0.2, 0) is 0 Å². The van der Waals surface area contributed by atoms with E-state index in [1.807, 2.05) is 0 Å². The highest BCUT2D eigenvalue weighted by Gasteiger charge is 2.17. The lowest BCUT2D eigenvalue weighted by molar-refractivity contribution is 0.0962. The molecule has 1 aliphatic rings. The number of amides is 1. The summed E-state index contributed by atoms with van der Waals surface area (Å²) in [5.41, 5.74) is 11.9. The number of nitrogen functional groups attached to an aromatic ring is 1. The molecule has 1 aromatic carbocycles. The molecule has 0 radical (unpaired) electrons. The highest BCUT2D eigenvalue weighted by Crippen LogP contribution is 2.27. The second kappa shape index (κ2) is 7.12. The second-order valence-corrected chi connectivity index (χ2v) is 5.70. The molecule has 2 aromatic rings. The predicted octanol–water partition coefficient (Wildman–Crippen LogP) is 2.31. The number of hydrogen-bond acceptors (Lipinski definition) is 6. The standard InChI is InChI=1S/C16H19FN6O/c17-11-7-5-10(6-8-11)16(24)23-22-15-13(18)14(19-9-20-15)21-12-3-1-2-4-12/h5-9,12H,1-4,18H2,(H,23,24)(H2,19,20,21,22). The molecule has 8 heteroatoms. The Morgan fingerprint density at radius 1 is 1.12 bits per heavy atom. The number of carbonyl (C=O) groups excluding carboxylic acids is 1. The largest absolute Gasteiger partial charge is 0.393 e. The van der Waals surface area contributed by atoms with Gasteiger partial charge in [0.15, 0.2) is 11.6 Å². The molecule has 1 fully saturated rings. The monoisotopic (exact) mass is 330 g/mol. The van der Waals surface area contributed by atoms with Crippen molar-refractivity contribution in [3.8, 4) is 0 Å². The van der Waals surface area contributed by atoms with Crippen LogP contribution in [0.4, 0.5) is 21.7 Å². The van der Waals surface area contributed by atoms with E-state index in [1.165, 1.54) is 43.4 Å². The van der Waals surface area contributed by atoms with Crippen LogP contribution in [0.1, 0.15) is 36.0 Å². The number of hydrazine groups is 1. The molecular formula is C16H19FN6O. The number of rotatable bonds is 5. The van der Waals surface area contributed by atoms with E-state index >= 15 is 0 Å². The van der Waals surface area contributed by atoms with Crippen LogP contribution in [-0.4, -0.2) is 21.9 Å². The number of carbonyl (C=O) groups is 1. The molecule has 0 spiro atoms. The van der Waals surface area contributed by atoms with Crippen molar-refractivity contribution in [2.24, 2.45) is 0 Å². The van der Waals surface area contributed by atoms with E-state index in [2.05, 4.69) is 26.1 Å². The summed E-state index contributed by atoms with van der Waals surface area (Å²) < 4.78 is 12.9. The molecule has 0 unspecified atom stereocenters. The Morgan fingerprint density at radius 3 is 2.50 bits per heavy atom. The van der Waals surface area contributed by atoms with Crippen LogP contribution in [0, 0.1) is 5.82 Å². The van der Waals surface area contributed by atoms with Gasteiger partial charge < -0.3 is 11.1 Å². The predicted molar refractivity (Wildman–Crippen MR) is 89.8 cm³/mol. The maximum atomic E-state index is 12.9. The molecule has 7 nitrogen and oxygen atoms in total. The SMILES string of the molecule is Nc1c(NNC(=O)c2ccc(F)cc2)ncnc1NC1CCCC1. The van der Waals surface area contributed by atoms with Gasteiger partial charge in [-0.05, 0) is 37.1 Å². The van der Waals surface area contributed by atoms with E-state index in [0.29, 0.717) is 28.9 Å². The molecule has 0 aliphatic heterocycles.